The van der Waals surface area contributed by atoms with Gasteiger partial charge in [0.05, 0.1) is 25.7 Å². The molecule has 1 aromatic carbocycles. The number of piperidine rings is 1. The standard InChI is InChI=1S/C18H20FN3O3/c19-14-1-3-15(4-2-14)22-12-20-11-16(22)17(23)21-7-5-13(6-8-21)18-24-9-10-25-18/h1-4,11-13,18H,5-10H2. The van der Waals surface area contributed by atoms with Crippen LogP contribution in [0.3, 0.4) is 0 Å². The number of rotatable bonds is 3. The molecule has 2 aromatic rings. The van der Waals surface area contributed by atoms with Crippen molar-refractivity contribution in [1.82, 2.24) is 14.5 Å². The van der Waals surface area contributed by atoms with Crippen molar-refractivity contribution >= 4 is 5.91 Å². The average Bonchev–Trinajstić information content (AvgIpc) is 3.34. The first kappa shape index (κ1) is 16.2. The Kier molecular flexibility index (Phi) is 4.50. The molecule has 0 saturated carbocycles. The first-order valence-electron chi connectivity index (χ1n) is 8.53. The monoisotopic (exact) mass is 345 g/mol. The van der Waals surface area contributed by atoms with Crippen molar-refractivity contribution in [2.24, 2.45) is 5.92 Å². The van der Waals surface area contributed by atoms with E-state index in [1.807, 2.05) is 4.90 Å². The zero-order valence-electron chi connectivity index (χ0n) is 13.8. The summed E-state index contributed by atoms with van der Waals surface area (Å²) in [4.78, 5) is 18.8. The highest BCUT2D eigenvalue weighted by Crippen LogP contribution is 2.26. The van der Waals surface area contributed by atoms with Gasteiger partial charge in [0.1, 0.15) is 11.5 Å². The van der Waals surface area contributed by atoms with Gasteiger partial charge in [-0.1, -0.05) is 0 Å². The van der Waals surface area contributed by atoms with Crippen LogP contribution < -0.4 is 0 Å². The zero-order valence-corrected chi connectivity index (χ0v) is 13.8. The van der Waals surface area contributed by atoms with Crippen LogP contribution in [0.15, 0.2) is 36.8 Å². The predicted octanol–water partition coefficient (Wildman–Crippen LogP) is 2.24. The fourth-order valence-corrected chi connectivity index (χ4v) is 3.45. The number of benzene rings is 1. The molecule has 0 aliphatic carbocycles. The Bertz CT molecular complexity index is 732. The van der Waals surface area contributed by atoms with E-state index in [1.165, 1.54) is 12.1 Å². The maximum absolute atomic E-state index is 13.1. The fraction of sp³-hybridized carbons (Fsp3) is 0.444. The van der Waals surface area contributed by atoms with Crippen LogP contribution in [0.1, 0.15) is 23.3 Å². The number of amides is 1. The Morgan fingerprint density at radius 3 is 2.48 bits per heavy atom. The summed E-state index contributed by atoms with van der Waals surface area (Å²) in [5, 5.41) is 0. The van der Waals surface area contributed by atoms with Crippen molar-refractivity contribution < 1.29 is 18.7 Å². The number of halogens is 1. The summed E-state index contributed by atoms with van der Waals surface area (Å²) < 4.78 is 26.0. The van der Waals surface area contributed by atoms with Gasteiger partial charge >= 0.3 is 0 Å². The molecule has 2 fully saturated rings. The van der Waals surface area contributed by atoms with Crippen LogP contribution in [-0.4, -0.2) is 53.0 Å². The molecule has 2 saturated heterocycles. The molecule has 7 heteroatoms. The van der Waals surface area contributed by atoms with Gasteiger partial charge in [0, 0.05) is 24.7 Å². The highest BCUT2D eigenvalue weighted by molar-refractivity contribution is 5.93. The molecule has 1 aromatic heterocycles. The maximum atomic E-state index is 13.1. The lowest BCUT2D eigenvalue weighted by Gasteiger charge is -2.33. The number of carbonyl (C=O) groups excluding carboxylic acids is 1. The van der Waals surface area contributed by atoms with Crippen LogP contribution in [0.4, 0.5) is 4.39 Å². The SMILES string of the molecule is O=C(c1cncn1-c1ccc(F)cc1)N1CCC(C2OCCO2)CC1. The number of imidazole rings is 1. The van der Waals surface area contributed by atoms with Crippen LogP contribution in [0.25, 0.3) is 5.69 Å². The normalized spacial score (nSPS) is 19.5. The number of aromatic nitrogens is 2. The van der Waals surface area contributed by atoms with Crippen molar-refractivity contribution in [2.75, 3.05) is 26.3 Å². The van der Waals surface area contributed by atoms with Gasteiger partial charge in [-0.25, -0.2) is 9.37 Å². The Hall–Kier alpha value is -2.25. The van der Waals surface area contributed by atoms with E-state index in [-0.39, 0.29) is 18.0 Å². The second-order valence-corrected chi connectivity index (χ2v) is 6.36. The Balaban J connectivity index is 1.45. The van der Waals surface area contributed by atoms with Crippen molar-refractivity contribution in [1.29, 1.82) is 0 Å². The van der Waals surface area contributed by atoms with E-state index in [4.69, 9.17) is 9.47 Å². The minimum atomic E-state index is -0.310. The predicted molar refractivity (Wildman–Crippen MR) is 87.8 cm³/mol. The summed E-state index contributed by atoms with van der Waals surface area (Å²) in [6, 6.07) is 6.01. The first-order valence-corrected chi connectivity index (χ1v) is 8.53. The molecule has 0 bridgehead atoms. The molecule has 0 N–H and O–H groups in total. The van der Waals surface area contributed by atoms with E-state index >= 15 is 0 Å². The van der Waals surface area contributed by atoms with Gasteiger partial charge in [0.25, 0.3) is 5.91 Å². The topological polar surface area (TPSA) is 56.6 Å². The lowest BCUT2D eigenvalue weighted by Crippen LogP contribution is -2.42. The fourth-order valence-electron chi connectivity index (χ4n) is 3.45. The van der Waals surface area contributed by atoms with Crippen molar-refractivity contribution in [3.8, 4) is 5.69 Å². The van der Waals surface area contributed by atoms with Gasteiger partial charge in [-0.2, -0.15) is 0 Å². The lowest BCUT2D eigenvalue weighted by molar-refractivity contribution is -0.0956. The van der Waals surface area contributed by atoms with E-state index in [1.54, 1.807) is 29.2 Å². The third-order valence-electron chi connectivity index (χ3n) is 4.82. The summed E-state index contributed by atoms with van der Waals surface area (Å²) in [5.41, 5.74) is 1.20. The molecular weight excluding hydrogens is 325 g/mol. The number of likely N-dealkylation sites (tertiary alicyclic amines) is 1. The molecule has 0 atom stereocenters. The van der Waals surface area contributed by atoms with Crippen LogP contribution in [0.2, 0.25) is 0 Å². The van der Waals surface area contributed by atoms with Gasteiger partial charge in [-0.15, -0.1) is 0 Å². The number of hydrogen-bond acceptors (Lipinski definition) is 4. The highest BCUT2D eigenvalue weighted by atomic mass is 19.1. The molecule has 4 rings (SSSR count). The zero-order chi connectivity index (χ0) is 17.2. The molecule has 132 valence electrons. The molecule has 3 heterocycles. The quantitative estimate of drug-likeness (QED) is 0.856. The summed E-state index contributed by atoms with van der Waals surface area (Å²) >= 11 is 0. The molecule has 6 nitrogen and oxygen atoms in total. The van der Waals surface area contributed by atoms with Crippen molar-refractivity contribution in [3.63, 3.8) is 0 Å². The average molecular weight is 345 g/mol. The molecular formula is C18H20FN3O3. The first-order chi connectivity index (χ1) is 12.2. The smallest absolute Gasteiger partial charge is 0.272 e. The molecule has 25 heavy (non-hydrogen) atoms. The number of ether oxygens (including phenoxy) is 2. The Morgan fingerprint density at radius 1 is 1.12 bits per heavy atom. The number of nitrogens with zero attached hydrogens (tertiary/aromatic N) is 3. The van der Waals surface area contributed by atoms with Gasteiger partial charge in [-0.05, 0) is 37.1 Å². The van der Waals surface area contributed by atoms with E-state index < -0.39 is 0 Å². The third-order valence-corrected chi connectivity index (χ3v) is 4.82. The van der Waals surface area contributed by atoms with Crippen LogP contribution in [0.5, 0.6) is 0 Å². The largest absolute Gasteiger partial charge is 0.350 e. The van der Waals surface area contributed by atoms with Crippen molar-refractivity contribution in [2.45, 2.75) is 19.1 Å². The number of carbonyl (C=O) groups is 1. The van der Waals surface area contributed by atoms with Crippen LogP contribution >= 0.6 is 0 Å². The minimum Gasteiger partial charge on any atom is -0.350 e. The van der Waals surface area contributed by atoms with Gasteiger partial charge < -0.3 is 14.4 Å². The van der Waals surface area contributed by atoms with Gasteiger partial charge in [0.15, 0.2) is 6.29 Å². The molecule has 0 spiro atoms. The summed E-state index contributed by atoms with van der Waals surface area (Å²) in [7, 11) is 0. The van der Waals surface area contributed by atoms with Crippen molar-refractivity contribution in [3.05, 3.63) is 48.3 Å². The molecule has 1 amide bonds. The summed E-state index contributed by atoms with van der Waals surface area (Å²) in [6.07, 6.45) is 4.73. The molecule has 2 aliphatic rings. The van der Waals surface area contributed by atoms with E-state index in [0.717, 1.165) is 12.8 Å². The number of hydrogen-bond donors (Lipinski definition) is 0. The lowest BCUT2D eigenvalue weighted by atomic mass is 9.96. The van der Waals surface area contributed by atoms with Gasteiger partial charge in [-0.3, -0.25) is 9.36 Å². The summed E-state index contributed by atoms with van der Waals surface area (Å²) in [5.74, 6) is -0.0303. The Labute approximate surface area is 145 Å². The van der Waals surface area contributed by atoms with E-state index in [2.05, 4.69) is 4.98 Å². The molecule has 0 radical (unpaired) electrons. The van der Waals surface area contributed by atoms with Crippen LogP contribution in [0, 0.1) is 11.7 Å². The third kappa shape index (κ3) is 3.29. The van der Waals surface area contributed by atoms with Gasteiger partial charge in [0.2, 0.25) is 0 Å². The minimum absolute atomic E-state index is 0.0615. The van der Waals surface area contributed by atoms with E-state index in [9.17, 15) is 9.18 Å². The van der Waals surface area contributed by atoms with Crippen LogP contribution in [-0.2, 0) is 9.47 Å². The summed E-state index contributed by atoms with van der Waals surface area (Å²) in [6.45, 7) is 2.64. The maximum Gasteiger partial charge on any atom is 0.272 e. The highest BCUT2D eigenvalue weighted by Gasteiger charge is 2.32. The molecule has 2 aliphatic heterocycles. The Morgan fingerprint density at radius 2 is 1.80 bits per heavy atom. The van der Waals surface area contributed by atoms with E-state index in [0.29, 0.717) is 43.6 Å². The second-order valence-electron chi connectivity index (χ2n) is 6.36. The second kappa shape index (κ2) is 6.93. The molecule has 0 unspecified atom stereocenters.